The minimum atomic E-state index is -0.345. The fraction of sp³-hybridized carbons (Fsp3) is 0.464. The van der Waals surface area contributed by atoms with Crippen molar-refractivity contribution in [3.05, 3.63) is 59.7 Å². The Bertz CT molecular complexity index is 1240. The van der Waals surface area contributed by atoms with Gasteiger partial charge < -0.3 is 20.1 Å². The topological polar surface area (TPSA) is 113 Å². The van der Waals surface area contributed by atoms with E-state index in [1.54, 1.807) is 12.4 Å². The molecule has 3 heterocycles. The summed E-state index contributed by atoms with van der Waals surface area (Å²) in [6.07, 6.45) is 8.42. The van der Waals surface area contributed by atoms with Crippen LogP contribution in [0.2, 0.25) is 0 Å². The molecule has 3 aromatic rings. The SMILES string of the molecule is Cc1ccc(NC(=O)N2CCCCCCNC(=O)C3CC(c4nc(-c5cccnc5)no4)CC32)cc1C. The van der Waals surface area contributed by atoms with Crippen molar-refractivity contribution in [1.82, 2.24) is 25.3 Å². The van der Waals surface area contributed by atoms with E-state index in [0.29, 0.717) is 37.6 Å². The van der Waals surface area contributed by atoms with E-state index in [-0.39, 0.29) is 29.8 Å². The Morgan fingerprint density at radius 3 is 2.78 bits per heavy atom. The van der Waals surface area contributed by atoms with E-state index in [4.69, 9.17) is 4.52 Å². The second-order valence-corrected chi connectivity index (χ2v) is 10.2. The van der Waals surface area contributed by atoms with Gasteiger partial charge in [0.25, 0.3) is 0 Å². The Hall–Kier alpha value is -3.75. The van der Waals surface area contributed by atoms with Crippen molar-refractivity contribution < 1.29 is 14.1 Å². The van der Waals surface area contributed by atoms with Gasteiger partial charge in [-0.3, -0.25) is 9.78 Å². The summed E-state index contributed by atoms with van der Waals surface area (Å²) in [6, 6.07) is 9.19. The van der Waals surface area contributed by atoms with Crippen LogP contribution in [0.1, 0.15) is 61.5 Å². The van der Waals surface area contributed by atoms with Crippen LogP contribution in [-0.4, -0.2) is 51.1 Å². The summed E-state index contributed by atoms with van der Waals surface area (Å²) in [5.74, 6) is 0.512. The van der Waals surface area contributed by atoms with Crippen LogP contribution in [0.15, 0.2) is 47.2 Å². The molecule has 9 nitrogen and oxygen atoms in total. The Labute approximate surface area is 217 Å². The van der Waals surface area contributed by atoms with Crippen LogP contribution in [0.3, 0.4) is 0 Å². The van der Waals surface area contributed by atoms with Crippen molar-refractivity contribution in [3.8, 4) is 11.4 Å². The van der Waals surface area contributed by atoms with E-state index in [1.165, 1.54) is 5.56 Å². The van der Waals surface area contributed by atoms with E-state index >= 15 is 0 Å². The first-order chi connectivity index (χ1) is 18.0. The summed E-state index contributed by atoms with van der Waals surface area (Å²) >= 11 is 0. The van der Waals surface area contributed by atoms with E-state index in [0.717, 1.165) is 42.5 Å². The number of pyridine rings is 1. The number of fused-ring (bicyclic) bond motifs is 1. The van der Waals surface area contributed by atoms with Gasteiger partial charge in [-0.1, -0.05) is 24.1 Å². The first-order valence-electron chi connectivity index (χ1n) is 13.2. The number of nitrogens with zero attached hydrogens (tertiary/aromatic N) is 4. The lowest BCUT2D eigenvalue weighted by Gasteiger charge is -2.32. The third kappa shape index (κ3) is 5.65. The molecule has 37 heavy (non-hydrogen) atoms. The highest BCUT2D eigenvalue weighted by Gasteiger charge is 2.45. The van der Waals surface area contributed by atoms with Gasteiger partial charge in [0.15, 0.2) is 0 Å². The number of carbonyl (C=O) groups excluding carboxylic acids is 2. The number of carbonyl (C=O) groups is 2. The molecule has 3 unspecified atom stereocenters. The van der Waals surface area contributed by atoms with Crippen molar-refractivity contribution in [2.75, 3.05) is 18.4 Å². The molecule has 194 valence electrons. The minimum absolute atomic E-state index is 0.00891. The summed E-state index contributed by atoms with van der Waals surface area (Å²) in [6.45, 7) is 5.34. The zero-order chi connectivity index (χ0) is 25.8. The maximum atomic E-state index is 13.6. The van der Waals surface area contributed by atoms with Gasteiger partial charge in [0, 0.05) is 48.7 Å². The van der Waals surface area contributed by atoms with Crippen LogP contribution >= 0.6 is 0 Å². The number of amides is 3. The maximum absolute atomic E-state index is 13.6. The molecule has 5 rings (SSSR count). The molecule has 3 atom stereocenters. The zero-order valence-corrected chi connectivity index (χ0v) is 21.4. The average molecular weight is 503 g/mol. The molecule has 3 amide bonds. The van der Waals surface area contributed by atoms with E-state index in [2.05, 4.69) is 25.8 Å². The van der Waals surface area contributed by atoms with Gasteiger partial charge in [0.05, 0.1) is 5.92 Å². The lowest BCUT2D eigenvalue weighted by atomic mass is 10.0. The Kier molecular flexibility index (Phi) is 7.48. The number of hydrogen-bond donors (Lipinski definition) is 2. The van der Waals surface area contributed by atoms with Gasteiger partial charge in [0.1, 0.15) is 0 Å². The maximum Gasteiger partial charge on any atom is 0.322 e. The van der Waals surface area contributed by atoms with Gasteiger partial charge in [-0.25, -0.2) is 4.79 Å². The second kappa shape index (κ2) is 11.1. The lowest BCUT2D eigenvalue weighted by Crippen LogP contribution is -2.48. The first kappa shape index (κ1) is 24.9. The average Bonchev–Trinajstić information content (AvgIpc) is 3.55. The molecule has 0 bridgehead atoms. The van der Waals surface area contributed by atoms with Crippen molar-refractivity contribution in [2.45, 2.75) is 64.3 Å². The highest BCUT2D eigenvalue weighted by Crippen LogP contribution is 2.41. The molecular formula is C28H34N6O3. The van der Waals surface area contributed by atoms with Gasteiger partial charge in [-0.05, 0) is 74.9 Å². The number of rotatable bonds is 3. The molecule has 2 fully saturated rings. The number of urea groups is 1. The molecule has 2 aliphatic rings. The monoisotopic (exact) mass is 502 g/mol. The third-order valence-electron chi connectivity index (χ3n) is 7.62. The number of nitrogens with one attached hydrogen (secondary N) is 2. The Morgan fingerprint density at radius 2 is 1.97 bits per heavy atom. The Morgan fingerprint density at radius 1 is 1.11 bits per heavy atom. The van der Waals surface area contributed by atoms with Crippen LogP contribution in [0, 0.1) is 19.8 Å². The second-order valence-electron chi connectivity index (χ2n) is 10.2. The van der Waals surface area contributed by atoms with Crippen LogP contribution < -0.4 is 10.6 Å². The van der Waals surface area contributed by atoms with E-state index in [1.807, 2.05) is 49.1 Å². The molecule has 9 heteroatoms. The number of aromatic nitrogens is 3. The fourth-order valence-electron chi connectivity index (χ4n) is 5.39. The molecule has 0 radical (unpaired) electrons. The molecule has 1 aliphatic heterocycles. The van der Waals surface area contributed by atoms with Gasteiger partial charge >= 0.3 is 6.03 Å². The molecule has 0 spiro atoms. The zero-order valence-electron chi connectivity index (χ0n) is 21.4. The minimum Gasteiger partial charge on any atom is -0.356 e. The van der Waals surface area contributed by atoms with Crippen molar-refractivity contribution in [2.24, 2.45) is 5.92 Å². The molecule has 1 saturated heterocycles. The van der Waals surface area contributed by atoms with Crippen molar-refractivity contribution in [1.29, 1.82) is 0 Å². The summed E-state index contributed by atoms with van der Waals surface area (Å²) in [5, 5.41) is 10.3. The molecule has 1 saturated carbocycles. The number of aryl methyl sites for hydroxylation is 2. The summed E-state index contributed by atoms with van der Waals surface area (Å²) in [7, 11) is 0. The molecule has 1 aliphatic carbocycles. The van der Waals surface area contributed by atoms with Crippen molar-refractivity contribution >= 4 is 17.6 Å². The Balaban J connectivity index is 1.40. The first-order valence-corrected chi connectivity index (χ1v) is 13.2. The van der Waals surface area contributed by atoms with Gasteiger partial charge in [-0.15, -0.1) is 0 Å². The van der Waals surface area contributed by atoms with Gasteiger partial charge in [-0.2, -0.15) is 4.98 Å². The van der Waals surface area contributed by atoms with Crippen molar-refractivity contribution in [3.63, 3.8) is 0 Å². The lowest BCUT2D eigenvalue weighted by molar-refractivity contribution is -0.126. The predicted molar refractivity (Wildman–Crippen MR) is 140 cm³/mol. The van der Waals surface area contributed by atoms with Crippen LogP contribution in [0.4, 0.5) is 10.5 Å². The number of hydrogen-bond acceptors (Lipinski definition) is 6. The predicted octanol–water partition coefficient (Wildman–Crippen LogP) is 4.83. The summed E-state index contributed by atoms with van der Waals surface area (Å²) in [5.41, 5.74) is 3.83. The number of anilines is 1. The molecule has 2 N–H and O–H groups in total. The van der Waals surface area contributed by atoms with Crippen LogP contribution in [0.25, 0.3) is 11.4 Å². The van der Waals surface area contributed by atoms with E-state index < -0.39 is 0 Å². The number of benzene rings is 1. The van der Waals surface area contributed by atoms with Crippen LogP contribution in [0.5, 0.6) is 0 Å². The van der Waals surface area contributed by atoms with Crippen LogP contribution in [-0.2, 0) is 4.79 Å². The summed E-state index contributed by atoms with van der Waals surface area (Å²) in [4.78, 5) is 37.5. The standard InChI is InChI=1S/C28H34N6O3/c1-18-9-10-22(14-19(18)2)31-28(36)34-13-6-4-3-5-12-30-26(35)23-15-21(16-24(23)34)27-32-25(33-37-27)20-8-7-11-29-17-20/h7-11,14,17,21,23-24H,3-6,12-13,15-16H2,1-2H3,(H,30,35)(H,31,36). The van der Waals surface area contributed by atoms with Gasteiger partial charge in [0.2, 0.25) is 17.6 Å². The molecule has 2 aromatic heterocycles. The van der Waals surface area contributed by atoms with E-state index in [9.17, 15) is 9.59 Å². The highest BCUT2D eigenvalue weighted by molar-refractivity contribution is 5.90. The summed E-state index contributed by atoms with van der Waals surface area (Å²) < 4.78 is 5.65. The fourth-order valence-corrected chi connectivity index (χ4v) is 5.39. The normalized spacial score (nSPS) is 22.6. The molecular weight excluding hydrogens is 468 g/mol. The quantitative estimate of drug-likeness (QED) is 0.530. The highest BCUT2D eigenvalue weighted by atomic mass is 16.5. The smallest absolute Gasteiger partial charge is 0.322 e. The largest absolute Gasteiger partial charge is 0.356 e. The molecule has 1 aromatic carbocycles. The third-order valence-corrected chi connectivity index (χ3v) is 7.62.